The summed E-state index contributed by atoms with van der Waals surface area (Å²) in [6.07, 6.45) is 5.06. The predicted octanol–water partition coefficient (Wildman–Crippen LogP) is 1.32. The molecule has 0 saturated heterocycles. The summed E-state index contributed by atoms with van der Waals surface area (Å²) >= 11 is 0. The molecule has 0 radical (unpaired) electrons. The molecule has 0 aliphatic carbocycles. The van der Waals surface area contributed by atoms with Crippen LogP contribution in [0.3, 0.4) is 0 Å². The van der Waals surface area contributed by atoms with Crippen LogP contribution in [-0.4, -0.2) is 32.8 Å². The minimum Gasteiger partial charge on any atom is -0.423 e. The molecule has 21 heavy (non-hydrogen) atoms. The molecule has 0 atom stereocenters. The van der Waals surface area contributed by atoms with E-state index in [2.05, 4.69) is 21.5 Å². The summed E-state index contributed by atoms with van der Waals surface area (Å²) in [5.74, 6) is 0. The Bertz CT molecular complexity index is 739. The second-order valence-corrected chi connectivity index (χ2v) is 4.48. The third-order valence-electron chi connectivity index (χ3n) is 3.02. The Morgan fingerprint density at radius 3 is 2.81 bits per heavy atom. The molecule has 5 nitrogen and oxygen atoms in total. The van der Waals surface area contributed by atoms with Gasteiger partial charge in [0.05, 0.1) is 11.4 Å². The molecular weight excluding hydrogens is 265 g/mol. The van der Waals surface area contributed by atoms with Crippen molar-refractivity contribution < 1.29 is 10.0 Å². The zero-order valence-corrected chi connectivity index (χ0v) is 12.0. The van der Waals surface area contributed by atoms with E-state index < -0.39 is 7.12 Å². The number of allylic oxidation sites excluding steroid dienone is 2. The molecule has 0 aromatic carbocycles. The van der Waals surface area contributed by atoms with Gasteiger partial charge in [0.2, 0.25) is 0 Å². The Morgan fingerprint density at radius 2 is 2.19 bits per heavy atom. The SMILES string of the molecule is C=CC(C)=N/C(=C\C)c1cc(B(O)O)c2cccnc2n1. The quantitative estimate of drug-likeness (QED) is 0.654. The lowest BCUT2D eigenvalue weighted by molar-refractivity contribution is 0.426. The Hall–Kier alpha value is -2.31. The van der Waals surface area contributed by atoms with E-state index in [1.807, 2.05) is 13.8 Å². The van der Waals surface area contributed by atoms with Crippen molar-refractivity contribution in [3.63, 3.8) is 0 Å². The molecule has 106 valence electrons. The van der Waals surface area contributed by atoms with Crippen LogP contribution in [0.5, 0.6) is 0 Å². The number of nitrogens with zero attached hydrogens (tertiary/aromatic N) is 3. The minimum atomic E-state index is -1.60. The van der Waals surface area contributed by atoms with Crippen LogP contribution in [0.4, 0.5) is 0 Å². The largest absolute Gasteiger partial charge is 0.489 e. The van der Waals surface area contributed by atoms with Crippen molar-refractivity contribution in [2.45, 2.75) is 13.8 Å². The molecule has 2 aromatic rings. The van der Waals surface area contributed by atoms with Crippen molar-refractivity contribution in [1.82, 2.24) is 9.97 Å². The number of hydrogen-bond donors (Lipinski definition) is 2. The summed E-state index contributed by atoms with van der Waals surface area (Å²) in [7, 11) is -1.60. The zero-order chi connectivity index (χ0) is 15.4. The molecule has 6 heteroatoms. The third-order valence-corrected chi connectivity index (χ3v) is 3.02. The van der Waals surface area contributed by atoms with E-state index in [1.54, 1.807) is 36.5 Å². The van der Waals surface area contributed by atoms with Gasteiger partial charge in [0.15, 0.2) is 5.65 Å². The second kappa shape index (κ2) is 6.43. The van der Waals surface area contributed by atoms with Gasteiger partial charge in [0.25, 0.3) is 0 Å². The Balaban J connectivity index is 2.67. The highest BCUT2D eigenvalue weighted by molar-refractivity contribution is 6.61. The molecule has 0 fully saturated rings. The first-order chi connectivity index (χ1) is 10.1. The van der Waals surface area contributed by atoms with Crippen molar-refractivity contribution in [2.75, 3.05) is 0 Å². The minimum absolute atomic E-state index is 0.355. The van der Waals surface area contributed by atoms with Crippen molar-refractivity contribution in [2.24, 2.45) is 4.99 Å². The standard InChI is InChI=1S/C15H16BN3O2/c1-4-10(3)18-13(5-2)14-9-12(16(20)21)11-7-6-8-17-15(11)19-14/h4-9,20-21H,1H2,2-3H3/b13-5-,18-10?. The van der Waals surface area contributed by atoms with E-state index in [1.165, 1.54) is 0 Å². The molecule has 0 amide bonds. The second-order valence-electron chi connectivity index (χ2n) is 4.48. The molecule has 2 heterocycles. The van der Waals surface area contributed by atoms with Crippen molar-refractivity contribution in [1.29, 1.82) is 0 Å². The summed E-state index contributed by atoms with van der Waals surface area (Å²) in [6.45, 7) is 7.34. The summed E-state index contributed by atoms with van der Waals surface area (Å²) < 4.78 is 0. The monoisotopic (exact) mass is 281 g/mol. The van der Waals surface area contributed by atoms with Gasteiger partial charge in [-0.3, -0.25) is 4.99 Å². The van der Waals surface area contributed by atoms with Gasteiger partial charge >= 0.3 is 7.12 Å². The molecule has 2 N–H and O–H groups in total. The molecule has 0 aliphatic rings. The fourth-order valence-electron chi connectivity index (χ4n) is 1.93. The third kappa shape index (κ3) is 3.24. The Labute approximate surface area is 123 Å². The summed E-state index contributed by atoms with van der Waals surface area (Å²) in [5.41, 5.74) is 2.71. The maximum Gasteiger partial charge on any atom is 0.489 e. The van der Waals surface area contributed by atoms with Crippen LogP contribution in [0.15, 0.2) is 48.1 Å². The molecule has 0 unspecified atom stereocenters. The van der Waals surface area contributed by atoms with Gasteiger partial charge in [0, 0.05) is 17.3 Å². The van der Waals surface area contributed by atoms with Gasteiger partial charge in [-0.1, -0.05) is 18.7 Å². The predicted molar refractivity (Wildman–Crippen MR) is 86.3 cm³/mol. The van der Waals surface area contributed by atoms with Crippen molar-refractivity contribution >= 4 is 35.0 Å². The first-order valence-electron chi connectivity index (χ1n) is 6.53. The van der Waals surface area contributed by atoms with Gasteiger partial charge < -0.3 is 10.0 Å². The highest BCUT2D eigenvalue weighted by Crippen LogP contribution is 2.17. The maximum atomic E-state index is 9.56. The first-order valence-corrected chi connectivity index (χ1v) is 6.53. The lowest BCUT2D eigenvalue weighted by Gasteiger charge is -2.09. The van der Waals surface area contributed by atoms with Crippen LogP contribution in [-0.2, 0) is 0 Å². The lowest BCUT2D eigenvalue weighted by Crippen LogP contribution is -2.31. The van der Waals surface area contributed by atoms with Gasteiger partial charge in [-0.05, 0) is 37.5 Å². The average molecular weight is 281 g/mol. The van der Waals surface area contributed by atoms with Crippen LogP contribution >= 0.6 is 0 Å². The summed E-state index contributed by atoms with van der Waals surface area (Å²) in [6, 6.07) is 5.09. The highest BCUT2D eigenvalue weighted by atomic mass is 16.4. The van der Waals surface area contributed by atoms with Crippen LogP contribution in [0, 0.1) is 0 Å². The maximum absolute atomic E-state index is 9.56. The zero-order valence-electron chi connectivity index (χ0n) is 12.0. The lowest BCUT2D eigenvalue weighted by atomic mass is 9.78. The summed E-state index contributed by atoms with van der Waals surface area (Å²) in [4.78, 5) is 13.0. The molecule has 0 aliphatic heterocycles. The van der Waals surface area contributed by atoms with Crippen molar-refractivity contribution in [3.05, 3.63) is 48.8 Å². The Morgan fingerprint density at radius 1 is 1.43 bits per heavy atom. The van der Waals surface area contributed by atoms with E-state index in [0.29, 0.717) is 27.9 Å². The average Bonchev–Trinajstić information content (AvgIpc) is 2.50. The normalized spacial score (nSPS) is 12.6. The molecular formula is C15H16BN3O2. The molecule has 2 rings (SSSR count). The number of aliphatic imine (C=N–C) groups is 1. The van der Waals surface area contributed by atoms with Crippen LogP contribution in [0.1, 0.15) is 19.5 Å². The van der Waals surface area contributed by atoms with Gasteiger partial charge in [-0.25, -0.2) is 9.97 Å². The van der Waals surface area contributed by atoms with E-state index in [0.717, 1.165) is 5.71 Å². The smallest absolute Gasteiger partial charge is 0.423 e. The van der Waals surface area contributed by atoms with Gasteiger partial charge in [-0.2, -0.15) is 0 Å². The molecule has 0 bridgehead atoms. The van der Waals surface area contributed by atoms with E-state index >= 15 is 0 Å². The fraction of sp³-hybridized carbons (Fsp3) is 0.133. The van der Waals surface area contributed by atoms with Gasteiger partial charge in [-0.15, -0.1) is 0 Å². The summed E-state index contributed by atoms with van der Waals surface area (Å²) in [5, 5.41) is 19.7. The number of rotatable bonds is 4. The van der Waals surface area contributed by atoms with Crippen LogP contribution in [0.2, 0.25) is 0 Å². The topological polar surface area (TPSA) is 78.6 Å². The molecule has 0 saturated carbocycles. The van der Waals surface area contributed by atoms with E-state index in [9.17, 15) is 10.0 Å². The van der Waals surface area contributed by atoms with E-state index in [-0.39, 0.29) is 0 Å². The van der Waals surface area contributed by atoms with E-state index in [4.69, 9.17) is 0 Å². The van der Waals surface area contributed by atoms with Crippen LogP contribution in [0.25, 0.3) is 16.7 Å². The van der Waals surface area contributed by atoms with Crippen molar-refractivity contribution in [3.8, 4) is 0 Å². The number of pyridine rings is 2. The Kier molecular flexibility index (Phi) is 4.62. The fourth-order valence-corrected chi connectivity index (χ4v) is 1.93. The number of fused-ring (bicyclic) bond motifs is 1. The number of hydrogen-bond acceptors (Lipinski definition) is 5. The highest BCUT2D eigenvalue weighted by Gasteiger charge is 2.18. The van der Waals surface area contributed by atoms with Gasteiger partial charge in [0.1, 0.15) is 0 Å². The molecule has 2 aromatic heterocycles. The molecule has 0 spiro atoms. The number of aromatic nitrogens is 2. The first kappa shape index (κ1) is 15.1. The van der Waals surface area contributed by atoms with Crippen LogP contribution < -0.4 is 5.46 Å².